The Kier molecular flexibility index (Phi) is 5.84. The van der Waals surface area contributed by atoms with Crippen LogP contribution in [0.4, 0.5) is 0 Å². The normalized spacial score (nSPS) is 11.8. The summed E-state index contributed by atoms with van der Waals surface area (Å²) >= 11 is 0. The van der Waals surface area contributed by atoms with Crippen LogP contribution in [0, 0.1) is 0 Å². The molecular formula is C44H27N3O. The van der Waals surface area contributed by atoms with Gasteiger partial charge in [-0.25, -0.2) is 9.97 Å². The molecule has 0 aliphatic rings. The van der Waals surface area contributed by atoms with Crippen LogP contribution < -0.4 is 0 Å². The topological polar surface area (TPSA) is 43.9 Å². The second-order valence-electron chi connectivity index (χ2n) is 12.3. The average Bonchev–Trinajstić information content (AvgIpc) is 3.69. The fraction of sp³-hybridized carbons (Fsp3) is 0. The molecule has 4 nitrogen and oxygen atoms in total. The molecule has 0 fully saturated rings. The molecule has 0 amide bonds. The molecule has 224 valence electrons. The standard InChI is InChI=1S/C44H27N3O/c1-3-11-28(12-4-1)31-21-32(29-13-5-2-6-14-29)23-33(22-31)34-26-45-44(46-27-34)47-39-18-10-9-17-36(39)37-24-38-42(25-40(37)47)48-41-20-19-30-15-7-8-16-35(30)43(38)41/h1-27H. The van der Waals surface area contributed by atoms with E-state index in [1.807, 2.05) is 24.5 Å². The monoisotopic (exact) mass is 613 g/mol. The summed E-state index contributed by atoms with van der Waals surface area (Å²) in [5.41, 5.74) is 10.5. The number of benzene rings is 7. The zero-order chi connectivity index (χ0) is 31.6. The number of para-hydroxylation sites is 1. The first-order chi connectivity index (χ1) is 23.8. The van der Waals surface area contributed by atoms with Gasteiger partial charge in [0.15, 0.2) is 0 Å². The summed E-state index contributed by atoms with van der Waals surface area (Å²) in [5.74, 6) is 0.619. The van der Waals surface area contributed by atoms with Crippen molar-refractivity contribution in [3.05, 3.63) is 164 Å². The minimum atomic E-state index is 0.619. The quantitative estimate of drug-likeness (QED) is 0.198. The smallest absolute Gasteiger partial charge is 0.234 e. The number of aromatic nitrogens is 3. The van der Waals surface area contributed by atoms with Crippen LogP contribution in [0.5, 0.6) is 0 Å². The maximum absolute atomic E-state index is 6.47. The second-order valence-corrected chi connectivity index (χ2v) is 12.3. The number of fused-ring (bicyclic) bond motifs is 8. The Morgan fingerprint density at radius 2 is 1.00 bits per heavy atom. The molecule has 0 aliphatic heterocycles. The van der Waals surface area contributed by atoms with Crippen molar-refractivity contribution in [2.45, 2.75) is 0 Å². The lowest BCUT2D eigenvalue weighted by atomic mass is 9.94. The molecule has 0 spiro atoms. The summed E-state index contributed by atoms with van der Waals surface area (Å²) in [4.78, 5) is 9.98. The Balaban J connectivity index is 1.14. The summed E-state index contributed by atoms with van der Waals surface area (Å²) < 4.78 is 8.62. The van der Waals surface area contributed by atoms with Crippen molar-refractivity contribution < 1.29 is 4.42 Å². The molecule has 0 unspecified atom stereocenters. The lowest BCUT2D eigenvalue weighted by Crippen LogP contribution is -2.00. The van der Waals surface area contributed by atoms with Crippen LogP contribution in [-0.4, -0.2) is 14.5 Å². The molecule has 10 aromatic rings. The molecule has 3 aromatic heterocycles. The molecule has 3 heterocycles. The third-order valence-electron chi connectivity index (χ3n) is 9.47. The van der Waals surface area contributed by atoms with Crippen LogP contribution >= 0.6 is 0 Å². The number of hydrogen-bond acceptors (Lipinski definition) is 3. The third-order valence-corrected chi connectivity index (χ3v) is 9.47. The van der Waals surface area contributed by atoms with Crippen LogP contribution in [0.1, 0.15) is 0 Å². The predicted octanol–water partition coefficient (Wildman–Crippen LogP) is 11.6. The van der Waals surface area contributed by atoms with Crippen LogP contribution in [0.2, 0.25) is 0 Å². The number of rotatable bonds is 4. The van der Waals surface area contributed by atoms with E-state index < -0.39 is 0 Å². The highest BCUT2D eigenvalue weighted by Crippen LogP contribution is 2.40. The van der Waals surface area contributed by atoms with Crippen molar-refractivity contribution in [2.75, 3.05) is 0 Å². The maximum Gasteiger partial charge on any atom is 0.234 e. The first-order valence-corrected chi connectivity index (χ1v) is 16.1. The van der Waals surface area contributed by atoms with Crippen molar-refractivity contribution in [3.8, 4) is 39.3 Å². The molecule has 48 heavy (non-hydrogen) atoms. The van der Waals surface area contributed by atoms with Crippen LogP contribution in [0.25, 0.3) is 93.8 Å². The molecule has 10 rings (SSSR count). The molecule has 0 radical (unpaired) electrons. The van der Waals surface area contributed by atoms with Gasteiger partial charge in [0.25, 0.3) is 0 Å². The van der Waals surface area contributed by atoms with Gasteiger partial charge in [-0.05, 0) is 75.0 Å². The molecule has 0 aliphatic carbocycles. The SMILES string of the molecule is c1ccc(-c2cc(-c3ccccc3)cc(-c3cnc(-n4c5ccccc5c5cc6c(cc54)oc4ccc5ccccc5c46)nc3)c2)cc1. The second kappa shape index (κ2) is 10.5. The van der Waals surface area contributed by atoms with E-state index in [1.54, 1.807) is 0 Å². The first-order valence-electron chi connectivity index (χ1n) is 16.1. The average molecular weight is 614 g/mol. The Bertz CT molecular complexity index is 2760. The summed E-state index contributed by atoms with van der Waals surface area (Å²) in [6.07, 6.45) is 3.88. The lowest BCUT2D eigenvalue weighted by Gasteiger charge is -2.12. The Morgan fingerprint density at radius 3 is 1.71 bits per heavy atom. The van der Waals surface area contributed by atoms with Gasteiger partial charge in [-0.3, -0.25) is 4.57 Å². The van der Waals surface area contributed by atoms with Crippen LogP contribution in [-0.2, 0) is 0 Å². The van der Waals surface area contributed by atoms with Crippen molar-refractivity contribution in [1.82, 2.24) is 14.5 Å². The van der Waals surface area contributed by atoms with Gasteiger partial charge in [0.05, 0.1) is 11.0 Å². The van der Waals surface area contributed by atoms with Gasteiger partial charge in [-0.15, -0.1) is 0 Å². The van der Waals surface area contributed by atoms with E-state index in [9.17, 15) is 0 Å². The fourth-order valence-electron chi connectivity index (χ4n) is 7.20. The van der Waals surface area contributed by atoms with E-state index in [0.29, 0.717) is 5.95 Å². The van der Waals surface area contributed by atoms with E-state index in [2.05, 4.69) is 144 Å². The highest BCUT2D eigenvalue weighted by Gasteiger charge is 2.19. The van der Waals surface area contributed by atoms with Crippen molar-refractivity contribution in [2.24, 2.45) is 0 Å². The van der Waals surface area contributed by atoms with E-state index in [4.69, 9.17) is 14.4 Å². The molecular weight excluding hydrogens is 587 g/mol. The minimum Gasteiger partial charge on any atom is -0.456 e. The first kappa shape index (κ1) is 26.7. The summed E-state index contributed by atoms with van der Waals surface area (Å²) in [6, 6.07) is 53.3. The van der Waals surface area contributed by atoms with Crippen molar-refractivity contribution in [1.29, 1.82) is 0 Å². The zero-order valence-electron chi connectivity index (χ0n) is 25.8. The number of hydrogen-bond donors (Lipinski definition) is 0. The third kappa shape index (κ3) is 4.16. The van der Waals surface area contributed by atoms with Crippen LogP contribution in [0.15, 0.2) is 168 Å². The Morgan fingerprint density at radius 1 is 0.396 bits per heavy atom. The van der Waals surface area contributed by atoms with Crippen molar-refractivity contribution >= 4 is 54.5 Å². The summed E-state index contributed by atoms with van der Waals surface area (Å²) in [7, 11) is 0. The number of furan rings is 1. The van der Waals surface area contributed by atoms with Gasteiger partial charge in [0.1, 0.15) is 11.2 Å². The van der Waals surface area contributed by atoms with Crippen molar-refractivity contribution in [3.63, 3.8) is 0 Å². The maximum atomic E-state index is 6.47. The lowest BCUT2D eigenvalue weighted by molar-refractivity contribution is 0.669. The van der Waals surface area contributed by atoms with E-state index in [1.165, 1.54) is 21.9 Å². The van der Waals surface area contributed by atoms with Crippen LogP contribution in [0.3, 0.4) is 0 Å². The van der Waals surface area contributed by atoms with Gasteiger partial charge in [-0.1, -0.05) is 109 Å². The molecule has 0 N–H and O–H groups in total. The highest BCUT2D eigenvalue weighted by molar-refractivity contribution is 6.23. The van der Waals surface area contributed by atoms with Gasteiger partial charge in [0, 0.05) is 45.6 Å². The minimum absolute atomic E-state index is 0.619. The Hall–Kier alpha value is -6.52. The predicted molar refractivity (Wildman–Crippen MR) is 197 cm³/mol. The van der Waals surface area contributed by atoms with E-state index in [0.717, 1.165) is 66.0 Å². The molecule has 0 saturated heterocycles. The summed E-state index contributed by atoms with van der Waals surface area (Å²) in [5, 5.41) is 6.96. The van der Waals surface area contributed by atoms with Gasteiger partial charge in [0.2, 0.25) is 5.95 Å². The molecule has 0 atom stereocenters. The van der Waals surface area contributed by atoms with E-state index >= 15 is 0 Å². The Labute approximate surface area is 276 Å². The number of nitrogens with zero attached hydrogens (tertiary/aromatic N) is 3. The molecule has 4 heteroatoms. The van der Waals surface area contributed by atoms with Gasteiger partial charge >= 0.3 is 0 Å². The van der Waals surface area contributed by atoms with E-state index in [-0.39, 0.29) is 0 Å². The fourth-order valence-corrected chi connectivity index (χ4v) is 7.20. The summed E-state index contributed by atoms with van der Waals surface area (Å²) in [6.45, 7) is 0. The molecule has 0 bridgehead atoms. The van der Waals surface area contributed by atoms with Gasteiger partial charge in [-0.2, -0.15) is 0 Å². The molecule has 7 aromatic carbocycles. The zero-order valence-corrected chi connectivity index (χ0v) is 25.8. The largest absolute Gasteiger partial charge is 0.456 e. The highest BCUT2D eigenvalue weighted by atomic mass is 16.3. The van der Waals surface area contributed by atoms with Gasteiger partial charge < -0.3 is 4.42 Å². The molecule has 0 saturated carbocycles.